The molecule has 2 amide bonds. The molecule has 1 atom stereocenters. The molecule has 4 nitrogen and oxygen atoms in total. The Labute approximate surface area is 142 Å². The molecule has 0 saturated heterocycles. The van der Waals surface area contributed by atoms with E-state index in [4.69, 9.17) is 0 Å². The number of nitrogens with one attached hydrogen (secondary N) is 1. The number of pyridine rings is 1. The lowest BCUT2D eigenvalue weighted by Crippen LogP contribution is -2.36. The van der Waals surface area contributed by atoms with E-state index in [1.807, 2.05) is 54.7 Å². The van der Waals surface area contributed by atoms with Crippen LogP contribution in [0.15, 0.2) is 54.7 Å². The average Bonchev–Trinajstić information content (AvgIpc) is 3.11. The molecule has 2 aromatic rings. The topological polar surface area (TPSA) is 45.0 Å². The number of benzene rings is 1. The molecular weight excluding hydrogens is 310 g/mol. The maximum Gasteiger partial charge on any atom is 0.491 e. The number of carbonyl (C=O) groups excluding carboxylic acids is 1. The molecule has 0 aliphatic carbocycles. The van der Waals surface area contributed by atoms with Crippen molar-refractivity contribution in [2.45, 2.75) is 25.3 Å². The van der Waals surface area contributed by atoms with Crippen molar-refractivity contribution in [2.75, 3.05) is 6.54 Å². The molecule has 0 radical (unpaired) electrons. The normalized spacial score (nSPS) is 14.5. The molecule has 1 aromatic heterocycles. The summed E-state index contributed by atoms with van der Waals surface area (Å²) >= 11 is 0. The van der Waals surface area contributed by atoms with E-state index in [2.05, 4.69) is 10.3 Å². The molecule has 3 rings (SSSR count). The molecule has 120 valence electrons. The highest BCUT2D eigenvalue weighted by Gasteiger charge is 2.25. The first-order chi connectivity index (χ1) is 10.8. The van der Waals surface area contributed by atoms with Crippen LogP contribution in [0.5, 0.6) is 0 Å². The van der Waals surface area contributed by atoms with E-state index in [1.54, 1.807) is 10.8 Å². The highest BCUT2D eigenvalue weighted by Crippen LogP contribution is 2.17. The van der Waals surface area contributed by atoms with Crippen molar-refractivity contribution >= 4 is 24.7 Å². The van der Waals surface area contributed by atoms with Crippen LogP contribution in [0, 0.1) is 0 Å². The van der Waals surface area contributed by atoms with E-state index in [0.29, 0.717) is 6.42 Å². The van der Waals surface area contributed by atoms with E-state index >= 15 is 0 Å². The number of hydrogen-bond acceptors (Lipinski definition) is 2. The van der Waals surface area contributed by atoms with Crippen molar-refractivity contribution in [1.82, 2.24) is 10.3 Å². The first-order valence-electron chi connectivity index (χ1n) is 7.68. The molecule has 2 heterocycles. The second kappa shape index (κ2) is 8.44. The Balaban J connectivity index is 0.00000192. The molecule has 0 saturated carbocycles. The molecule has 23 heavy (non-hydrogen) atoms. The number of urea groups is 1. The minimum Gasteiger partial charge on any atom is -0.261 e. The summed E-state index contributed by atoms with van der Waals surface area (Å²) in [5, 5.41) is 3.14. The van der Waals surface area contributed by atoms with Gasteiger partial charge < -0.3 is 0 Å². The highest BCUT2D eigenvalue weighted by molar-refractivity contribution is 5.85. The Bertz CT molecular complexity index is 658. The van der Waals surface area contributed by atoms with Crippen molar-refractivity contribution in [1.29, 1.82) is 0 Å². The number of nitrogens with zero attached hydrogens (tertiary/aromatic N) is 2. The van der Waals surface area contributed by atoms with Gasteiger partial charge in [0.2, 0.25) is 0 Å². The van der Waals surface area contributed by atoms with Gasteiger partial charge in [-0.25, -0.2) is 9.89 Å². The fourth-order valence-corrected chi connectivity index (χ4v) is 2.68. The summed E-state index contributed by atoms with van der Waals surface area (Å²) in [6.07, 6.45) is 6.46. The predicted octanol–water partition coefficient (Wildman–Crippen LogP) is 3.37. The second-order valence-corrected chi connectivity index (χ2v) is 5.46. The van der Waals surface area contributed by atoms with Crippen LogP contribution in [-0.4, -0.2) is 28.3 Å². The van der Waals surface area contributed by atoms with Crippen LogP contribution >= 0.6 is 12.4 Å². The Morgan fingerprint density at radius 2 is 1.96 bits per heavy atom. The van der Waals surface area contributed by atoms with Crippen molar-refractivity contribution in [3.63, 3.8) is 0 Å². The van der Waals surface area contributed by atoms with Crippen LogP contribution in [0.3, 0.4) is 0 Å². The summed E-state index contributed by atoms with van der Waals surface area (Å²) in [5.74, 6) is 0. The van der Waals surface area contributed by atoms with Gasteiger partial charge >= 0.3 is 6.03 Å². The van der Waals surface area contributed by atoms with Gasteiger partial charge in [-0.15, -0.1) is 12.4 Å². The van der Waals surface area contributed by atoms with Gasteiger partial charge in [-0.2, -0.15) is 4.79 Å². The second-order valence-electron chi connectivity index (χ2n) is 5.46. The molecule has 1 aromatic carbocycles. The van der Waals surface area contributed by atoms with Crippen LogP contribution in [-0.2, 0) is 6.42 Å². The lowest BCUT2D eigenvalue weighted by Gasteiger charge is -2.14. The van der Waals surface area contributed by atoms with Crippen LogP contribution in [0.4, 0.5) is 4.79 Å². The molecule has 1 aliphatic heterocycles. The lowest BCUT2D eigenvalue weighted by atomic mass is 10.0. The van der Waals surface area contributed by atoms with Crippen molar-refractivity contribution in [3.05, 3.63) is 66.0 Å². The van der Waals surface area contributed by atoms with Gasteiger partial charge in [0.15, 0.2) is 0 Å². The SMILES string of the molecule is Cl.O=C(N[C@@H](Cc1ccccn1)c1ccccc1)[N+]1=CCCC1. The third-order valence-electron chi connectivity index (χ3n) is 3.85. The van der Waals surface area contributed by atoms with Crippen molar-refractivity contribution < 1.29 is 9.37 Å². The number of carbonyl (C=O) groups is 1. The zero-order valence-electron chi connectivity index (χ0n) is 12.9. The van der Waals surface area contributed by atoms with E-state index in [0.717, 1.165) is 30.6 Å². The Hall–Kier alpha value is -2.20. The van der Waals surface area contributed by atoms with Crippen LogP contribution in [0.2, 0.25) is 0 Å². The van der Waals surface area contributed by atoms with Crippen molar-refractivity contribution in [3.8, 4) is 0 Å². The minimum absolute atomic E-state index is 0. The number of rotatable bonds is 4. The molecule has 0 fully saturated rings. The fraction of sp³-hybridized carbons (Fsp3) is 0.278. The van der Waals surface area contributed by atoms with Crippen molar-refractivity contribution in [2.24, 2.45) is 0 Å². The number of halogens is 1. The predicted molar refractivity (Wildman–Crippen MR) is 93.3 cm³/mol. The van der Waals surface area contributed by atoms with E-state index in [9.17, 15) is 4.79 Å². The molecule has 0 unspecified atom stereocenters. The summed E-state index contributed by atoms with van der Waals surface area (Å²) < 4.78 is 1.77. The van der Waals surface area contributed by atoms with E-state index < -0.39 is 0 Å². The third kappa shape index (κ3) is 4.63. The monoisotopic (exact) mass is 330 g/mol. The van der Waals surface area contributed by atoms with Gasteiger partial charge in [-0.3, -0.25) is 4.98 Å². The summed E-state index contributed by atoms with van der Waals surface area (Å²) in [5.41, 5.74) is 2.07. The fourth-order valence-electron chi connectivity index (χ4n) is 2.68. The number of hydrogen-bond donors (Lipinski definition) is 1. The lowest BCUT2D eigenvalue weighted by molar-refractivity contribution is -0.415. The van der Waals surface area contributed by atoms with Gasteiger partial charge in [-0.05, 0) is 24.1 Å². The zero-order valence-corrected chi connectivity index (χ0v) is 13.7. The highest BCUT2D eigenvalue weighted by atomic mass is 35.5. The summed E-state index contributed by atoms with van der Waals surface area (Å²) in [7, 11) is 0. The minimum atomic E-state index is -0.0717. The van der Waals surface area contributed by atoms with Gasteiger partial charge in [0.05, 0.1) is 12.8 Å². The summed E-state index contributed by atoms with van der Waals surface area (Å²) in [6.45, 7) is 0.803. The Morgan fingerprint density at radius 1 is 1.17 bits per heavy atom. The van der Waals surface area contributed by atoms with Crippen LogP contribution < -0.4 is 5.32 Å². The maximum atomic E-state index is 12.4. The Morgan fingerprint density at radius 3 is 2.61 bits per heavy atom. The standard InChI is InChI=1S/C18H19N3O.ClH/c22-18(21-12-6-7-13-21)20-17(15-8-2-1-3-9-15)14-16-10-4-5-11-19-16;/h1-5,8-12,17H,6-7,13-14H2;1H/p+1/t17-;/m0./s1. The molecule has 0 spiro atoms. The van der Waals surface area contributed by atoms with Gasteiger partial charge in [0.25, 0.3) is 0 Å². The van der Waals surface area contributed by atoms with Crippen LogP contribution in [0.1, 0.15) is 30.1 Å². The third-order valence-corrected chi connectivity index (χ3v) is 3.85. The zero-order chi connectivity index (χ0) is 15.2. The molecular formula is C18H21ClN3O+. The summed E-state index contributed by atoms with van der Waals surface area (Å²) in [4.78, 5) is 16.8. The first kappa shape index (κ1) is 17.2. The largest absolute Gasteiger partial charge is 0.491 e. The molecule has 1 N–H and O–H groups in total. The van der Waals surface area contributed by atoms with E-state index in [-0.39, 0.29) is 24.5 Å². The molecule has 5 heteroatoms. The molecule has 0 bridgehead atoms. The maximum absolute atomic E-state index is 12.4. The average molecular weight is 331 g/mol. The van der Waals surface area contributed by atoms with Gasteiger partial charge in [0.1, 0.15) is 6.04 Å². The quantitative estimate of drug-likeness (QED) is 0.873. The van der Waals surface area contributed by atoms with Gasteiger partial charge in [-0.1, -0.05) is 36.4 Å². The van der Waals surface area contributed by atoms with E-state index in [1.165, 1.54) is 0 Å². The smallest absolute Gasteiger partial charge is 0.261 e. The van der Waals surface area contributed by atoms with Gasteiger partial charge in [0, 0.05) is 24.7 Å². The molecule has 1 aliphatic rings. The number of amides is 2. The first-order valence-corrected chi connectivity index (χ1v) is 7.68. The van der Waals surface area contributed by atoms with Crippen LogP contribution in [0.25, 0.3) is 0 Å². The Kier molecular flexibility index (Phi) is 6.29. The summed E-state index contributed by atoms with van der Waals surface area (Å²) in [6, 6.07) is 15.8. The number of aromatic nitrogens is 1.